The van der Waals surface area contributed by atoms with Crippen LogP contribution in [0.1, 0.15) is 74.7 Å². The van der Waals surface area contributed by atoms with E-state index in [1.807, 2.05) is 0 Å². The third kappa shape index (κ3) is 4.17. The highest BCUT2D eigenvalue weighted by Gasteiger charge is 2.30. The summed E-state index contributed by atoms with van der Waals surface area (Å²) in [6, 6.07) is 0. The Labute approximate surface area is 97.8 Å². The predicted octanol–water partition coefficient (Wildman–Crippen LogP) is 5.52. The van der Waals surface area contributed by atoms with Crippen LogP contribution in [0, 0.1) is 22.7 Å². The SMILES string of the molecule is CCC(C)(CCC(C)(C)C(C)C)C(C)C. The van der Waals surface area contributed by atoms with Crippen molar-refractivity contribution >= 4 is 0 Å². The first-order valence-corrected chi connectivity index (χ1v) is 6.65. The first kappa shape index (κ1) is 15.0. The summed E-state index contributed by atoms with van der Waals surface area (Å²) in [6.07, 6.45) is 4.03. The Morgan fingerprint density at radius 3 is 1.53 bits per heavy atom. The molecule has 0 N–H and O–H groups in total. The summed E-state index contributed by atoms with van der Waals surface area (Å²) in [6.45, 7) is 19.0. The van der Waals surface area contributed by atoms with Crippen molar-refractivity contribution < 1.29 is 0 Å². The van der Waals surface area contributed by atoms with Crippen molar-refractivity contribution in [2.24, 2.45) is 22.7 Å². The van der Waals surface area contributed by atoms with Crippen molar-refractivity contribution in [2.75, 3.05) is 0 Å². The molecule has 1 atom stereocenters. The zero-order valence-corrected chi connectivity index (χ0v) is 12.3. The minimum Gasteiger partial charge on any atom is -0.0649 e. The molecule has 0 aromatic carbocycles. The van der Waals surface area contributed by atoms with Gasteiger partial charge >= 0.3 is 0 Å². The summed E-state index contributed by atoms with van der Waals surface area (Å²) in [4.78, 5) is 0. The maximum Gasteiger partial charge on any atom is -0.0305 e. The van der Waals surface area contributed by atoms with Crippen LogP contribution in [0.4, 0.5) is 0 Å². The van der Waals surface area contributed by atoms with Crippen LogP contribution in [0.2, 0.25) is 0 Å². The molecule has 92 valence electrons. The molecule has 0 aliphatic heterocycles. The lowest BCUT2D eigenvalue weighted by Crippen LogP contribution is -2.27. The van der Waals surface area contributed by atoms with Crippen LogP contribution in [0.25, 0.3) is 0 Å². The molecule has 0 saturated carbocycles. The Morgan fingerprint density at radius 2 is 1.27 bits per heavy atom. The van der Waals surface area contributed by atoms with E-state index in [1.54, 1.807) is 0 Å². The minimum absolute atomic E-state index is 0.491. The average molecular weight is 212 g/mol. The quantitative estimate of drug-likeness (QED) is 0.543. The van der Waals surface area contributed by atoms with E-state index in [9.17, 15) is 0 Å². The molecular weight excluding hydrogens is 180 g/mol. The third-order valence-corrected chi connectivity index (χ3v) is 5.10. The third-order valence-electron chi connectivity index (χ3n) is 5.10. The second-order valence-corrected chi connectivity index (χ2v) is 6.81. The highest BCUT2D eigenvalue weighted by Crippen LogP contribution is 2.41. The molecule has 15 heavy (non-hydrogen) atoms. The van der Waals surface area contributed by atoms with Crippen LogP contribution in [0.5, 0.6) is 0 Å². The lowest BCUT2D eigenvalue weighted by Gasteiger charge is -2.38. The van der Waals surface area contributed by atoms with Gasteiger partial charge in [0, 0.05) is 0 Å². The fourth-order valence-corrected chi connectivity index (χ4v) is 1.77. The molecule has 0 nitrogen and oxygen atoms in total. The van der Waals surface area contributed by atoms with E-state index in [0.717, 1.165) is 11.8 Å². The molecule has 0 aliphatic rings. The van der Waals surface area contributed by atoms with Crippen molar-refractivity contribution in [3.8, 4) is 0 Å². The monoisotopic (exact) mass is 212 g/mol. The Bertz CT molecular complexity index is 176. The highest BCUT2D eigenvalue weighted by molar-refractivity contribution is 4.81. The molecule has 0 heteroatoms. The van der Waals surface area contributed by atoms with Gasteiger partial charge in [0.1, 0.15) is 0 Å². The Hall–Kier alpha value is 0. The van der Waals surface area contributed by atoms with Crippen LogP contribution in [-0.2, 0) is 0 Å². The number of rotatable bonds is 6. The van der Waals surface area contributed by atoms with Gasteiger partial charge in [-0.1, -0.05) is 61.8 Å². The second-order valence-electron chi connectivity index (χ2n) is 6.81. The van der Waals surface area contributed by atoms with Crippen LogP contribution >= 0.6 is 0 Å². The van der Waals surface area contributed by atoms with Gasteiger partial charge in [0.15, 0.2) is 0 Å². The molecule has 1 unspecified atom stereocenters. The fraction of sp³-hybridized carbons (Fsp3) is 1.00. The van der Waals surface area contributed by atoms with Gasteiger partial charge in [0.25, 0.3) is 0 Å². The Balaban J connectivity index is 4.36. The standard InChI is InChI=1S/C15H32/c1-9-15(8,13(4)5)11-10-14(6,7)12(2)3/h12-13H,9-11H2,1-8H3. The van der Waals surface area contributed by atoms with Crippen LogP contribution in [0.3, 0.4) is 0 Å². The minimum atomic E-state index is 0.491. The summed E-state index contributed by atoms with van der Waals surface area (Å²) in [7, 11) is 0. The van der Waals surface area contributed by atoms with Gasteiger partial charge in [0.05, 0.1) is 0 Å². The van der Waals surface area contributed by atoms with E-state index >= 15 is 0 Å². The first-order valence-electron chi connectivity index (χ1n) is 6.65. The number of hydrogen-bond donors (Lipinski definition) is 0. The van der Waals surface area contributed by atoms with Gasteiger partial charge in [-0.15, -0.1) is 0 Å². The molecule has 0 heterocycles. The summed E-state index contributed by atoms with van der Waals surface area (Å²) in [5.74, 6) is 1.58. The van der Waals surface area contributed by atoms with Gasteiger partial charge in [-0.05, 0) is 35.5 Å². The van der Waals surface area contributed by atoms with E-state index in [2.05, 4.69) is 55.4 Å². The predicted molar refractivity (Wildman–Crippen MR) is 71.1 cm³/mol. The molecular formula is C15H32. The largest absolute Gasteiger partial charge is 0.0649 e. The van der Waals surface area contributed by atoms with E-state index < -0.39 is 0 Å². The molecule has 0 amide bonds. The van der Waals surface area contributed by atoms with E-state index in [1.165, 1.54) is 19.3 Å². The second kappa shape index (κ2) is 5.37. The van der Waals surface area contributed by atoms with Gasteiger partial charge in [-0.25, -0.2) is 0 Å². The fourth-order valence-electron chi connectivity index (χ4n) is 1.77. The Morgan fingerprint density at radius 1 is 0.800 bits per heavy atom. The molecule has 0 spiro atoms. The van der Waals surface area contributed by atoms with Gasteiger partial charge in [-0.2, -0.15) is 0 Å². The van der Waals surface area contributed by atoms with Gasteiger partial charge in [-0.3, -0.25) is 0 Å². The van der Waals surface area contributed by atoms with Crippen molar-refractivity contribution in [3.05, 3.63) is 0 Å². The maximum atomic E-state index is 2.45. The topological polar surface area (TPSA) is 0 Å². The van der Waals surface area contributed by atoms with Crippen molar-refractivity contribution in [1.29, 1.82) is 0 Å². The lowest BCUT2D eigenvalue weighted by atomic mass is 9.68. The van der Waals surface area contributed by atoms with E-state index in [-0.39, 0.29) is 0 Å². The maximum absolute atomic E-state index is 2.45. The molecule has 0 fully saturated rings. The molecule has 0 saturated heterocycles. The van der Waals surface area contributed by atoms with Crippen molar-refractivity contribution in [1.82, 2.24) is 0 Å². The summed E-state index contributed by atoms with van der Waals surface area (Å²) in [5.41, 5.74) is 1.03. The van der Waals surface area contributed by atoms with Crippen LogP contribution in [-0.4, -0.2) is 0 Å². The highest BCUT2D eigenvalue weighted by atomic mass is 14.4. The molecule has 0 aromatic heterocycles. The van der Waals surface area contributed by atoms with E-state index in [0.29, 0.717) is 10.8 Å². The van der Waals surface area contributed by atoms with Gasteiger partial charge in [0.2, 0.25) is 0 Å². The first-order chi connectivity index (χ1) is 6.65. The number of hydrogen-bond acceptors (Lipinski definition) is 0. The summed E-state index contributed by atoms with van der Waals surface area (Å²) >= 11 is 0. The smallest absolute Gasteiger partial charge is 0.0305 e. The molecule has 0 aliphatic carbocycles. The van der Waals surface area contributed by atoms with E-state index in [4.69, 9.17) is 0 Å². The Kier molecular flexibility index (Phi) is 5.37. The zero-order chi connectivity index (χ0) is 12.3. The van der Waals surface area contributed by atoms with Gasteiger partial charge < -0.3 is 0 Å². The molecule has 0 aromatic rings. The summed E-state index contributed by atoms with van der Waals surface area (Å²) < 4.78 is 0. The van der Waals surface area contributed by atoms with Crippen molar-refractivity contribution in [3.63, 3.8) is 0 Å². The van der Waals surface area contributed by atoms with Crippen molar-refractivity contribution in [2.45, 2.75) is 74.7 Å². The molecule has 0 bridgehead atoms. The zero-order valence-electron chi connectivity index (χ0n) is 12.3. The normalized spacial score (nSPS) is 17.2. The van der Waals surface area contributed by atoms with Crippen LogP contribution in [0.15, 0.2) is 0 Å². The lowest BCUT2D eigenvalue weighted by molar-refractivity contribution is 0.130. The molecule has 0 radical (unpaired) electrons. The summed E-state index contributed by atoms with van der Waals surface area (Å²) in [5, 5.41) is 0. The molecule has 0 rings (SSSR count). The van der Waals surface area contributed by atoms with Crippen LogP contribution < -0.4 is 0 Å². The average Bonchev–Trinajstić information content (AvgIpc) is 2.13.